The molecule has 65 heavy (non-hydrogen) atoms. The van der Waals surface area contributed by atoms with Gasteiger partial charge in [0, 0.05) is 43.2 Å². The number of unbranched alkanes of at least 4 members (excludes halogenated alkanes) is 2. The first-order valence-electron chi connectivity index (χ1n) is 22.7. The van der Waals surface area contributed by atoms with E-state index in [0.717, 1.165) is 48.7 Å². The minimum atomic E-state index is -1.45. The number of methoxy groups -OCH3 is 1. The van der Waals surface area contributed by atoms with Crippen LogP contribution in [-0.4, -0.2) is 78.3 Å². The smallest absolute Gasteiger partial charge is 0.254 e. The van der Waals surface area contributed by atoms with Crippen LogP contribution in [0.2, 0.25) is 0 Å². The molecule has 0 saturated heterocycles. The van der Waals surface area contributed by atoms with Crippen molar-refractivity contribution in [3.63, 3.8) is 0 Å². The van der Waals surface area contributed by atoms with Crippen LogP contribution >= 0.6 is 0 Å². The van der Waals surface area contributed by atoms with Crippen molar-refractivity contribution in [1.82, 2.24) is 4.90 Å². The highest BCUT2D eigenvalue weighted by molar-refractivity contribution is 6.03. The van der Waals surface area contributed by atoms with E-state index in [1.165, 1.54) is 7.11 Å². The number of rotatable bonds is 22. The molecule has 340 valence electrons. The number of nitriles is 1. The van der Waals surface area contributed by atoms with Gasteiger partial charge in [0.15, 0.2) is 6.29 Å². The molecule has 1 amide bonds. The summed E-state index contributed by atoms with van der Waals surface area (Å²) in [4.78, 5) is 35.1. The maximum Gasteiger partial charge on any atom is 0.254 e. The Morgan fingerprint density at radius 1 is 0.985 bits per heavy atom. The number of benzene rings is 4. The average molecular weight is 882 g/mol. The minimum absolute atomic E-state index is 0.000316. The van der Waals surface area contributed by atoms with Crippen molar-refractivity contribution < 1.29 is 43.6 Å². The van der Waals surface area contributed by atoms with E-state index in [4.69, 9.17) is 28.9 Å². The van der Waals surface area contributed by atoms with Crippen LogP contribution in [0.5, 0.6) is 23.0 Å². The molecule has 1 saturated carbocycles. The fraction of sp³-hybridized carbons (Fsp3) is 0.396. The summed E-state index contributed by atoms with van der Waals surface area (Å²) in [6.07, 6.45) is 10.0. The number of fused-ring (bicyclic) bond motifs is 2. The van der Waals surface area contributed by atoms with E-state index in [-0.39, 0.29) is 56.5 Å². The van der Waals surface area contributed by atoms with Crippen LogP contribution < -0.4 is 14.2 Å². The fourth-order valence-electron chi connectivity index (χ4n) is 9.97. The van der Waals surface area contributed by atoms with Crippen LogP contribution in [0.15, 0.2) is 120 Å². The van der Waals surface area contributed by atoms with Crippen LogP contribution in [0.25, 0.3) is 0 Å². The van der Waals surface area contributed by atoms with Crippen molar-refractivity contribution in [1.29, 1.82) is 5.26 Å². The molecule has 0 spiro atoms. The van der Waals surface area contributed by atoms with Crippen LogP contribution in [0.4, 0.5) is 0 Å². The lowest BCUT2D eigenvalue weighted by molar-refractivity contribution is -0.254. The minimum Gasteiger partial charge on any atom is -0.496 e. The van der Waals surface area contributed by atoms with Crippen molar-refractivity contribution >= 4 is 17.9 Å². The summed E-state index contributed by atoms with van der Waals surface area (Å²) in [5.41, 5.74) is 4.69. The van der Waals surface area contributed by atoms with Gasteiger partial charge in [-0.3, -0.25) is 9.59 Å². The van der Waals surface area contributed by atoms with Gasteiger partial charge in [0.25, 0.3) is 5.91 Å². The van der Waals surface area contributed by atoms with Crippen molar-refractivity contribution in [2.75, 3.05) is 33.5 Å². The number of aldehydes is 1. The normalized spacial score (nSPS) is 22.3. The molecular formula is C53H59N3O9. The number of hydrogen-bond acceptors (Lipinski definition) is 11. The number of ether oxygens (including phenoxy) is 4. The number of carbonyl (C=O) groups is 2. The molecule has 0 bridgehead atoms. The second-order valence-corrected chi connectivity index (χ2v) is 16.8. The topological polar surface area (TPSA) is 160 Å². The van der Waals surface area contributed by atoms with E-state index in [9.17, 15) is 25.1 Å². The first kappa shape index (κ1) is 46.7. The van der Waals surface area contributed by atoms with Crippen molar-refractivity contribution in [3.05, 3.63) is 143 Å². The second kappa shape index (κ2) is 22.1. The molecule has 2 aliphatic carbocycles. The lowest BCUT2D eigenvalue weighted by atomic mass is 9.55. The third-order valence-corrected chi connectivity index (χ3v) is 12.8. The summed E-state index contributed by atoms with van der Waals surface area (Å²) >= 11 is 0. The van der Waals surface area contributed by atoms with Crippen molar-refractivity contribution in [2.24, 2.45) is 22.9 Å². The Morgan fingerprint density at radius 2 is 1.72 bits per heavy atom. The van der Waals surface area contributed by atoms with Gasteiger partial charge < -0.3 is 38.9 Å². The number of amides is 1. The zero-order valence-electron chi connectivity index (χ0n) is 37.3. The Kier molecular flexibility index (Phi) is 15.9. The maximum atomic E-state index is 15.0. The van der Waals surface area contributed by atoms with E-state index >= 15 is 0 Å². The summed E-state index contributed by atoms with van der Waals surface area (Å²) < 4.78 is 26.4. The van der Waals surface area contributed by atoms with Gasteiger partial charge in [-0.15, -0.1) is 6.58 Å². The van der Waals surface area contributed by atoms with Crippen LogP contribution in [0.3, 0.4) is 0 Å². The molecule has 12 nitrogen and oxygen atoms in total. The summed E-state index contributed by atoms with van der Waals surface area (Å²) in [6.45, 7) is 6.94. The highest BCUT2D eigenvalue weighted by Crippen LogP contribution is 2.62. The quantitative estimate of drug-likeness (QED) is 0.0337. The van der Waals surface area contributed by atoms with Gasteiger partial charge in [-0.05, 0) is 116 Å². The number of carbonyl (C=O) groups excluding carboxylic acids is 2. The fourth-order valence-corrected chi connectivity index (χ4v) is 9.97. The zero-order valence-corrected chi connectivity index (χ0v) is 37.3. The number of oxime groups is 1. The molecule has 1 heterocycles. The van der Waals surface area contributed by atoms with E-state index in [1.54, 1.807) is 48.5 Å². The average Bonchev–Trinajstić information content (AvgIpc) is 3.34. The molecule has 0 aromatic heterocycles. The SMILES string of the molecule is C=CCO[C@@]12Oc3ccc(Oc4ccc(OC)c(C=O)c4)cc3[C@H]3[C@H](CCCCO)[C@@H](CCCCO)C=C(C(=NOCc4ccccc4)C[C@@H]1N(CCC)C(=O)c1ccc(C#N)cc1)[C@H]32. The molecular weight excluding hydrogens is 823 g/mol. The largest absolute Gasteiger partial charge is 0.496 e. The van der Waals surface area contributed by atoms with Gasteiger partial charge in [-0.1, -0.05) is 67.4 Å². The van der Waals surface area contributed by atoms with E-state index in [1.807, 2.05) is 60.4 Å². The number of aliphatic hydroxyl groups excluding tert-OH is 2. The van der Waals surface area contributed by atoms with Crippen LogP contribution in [0.1, 0.15) is 102 Å². The highest BCUT2D eigenvalue weighted by atomic mass is 16.7. The molecule has 1 fully saturated rings. The summed E-state index contributed by atoms with van der Waals surface area (Å²) in [5.74, 6) is -0.435. The molecule has 6 atom stereocenters. The molecule has 3 aliphatic rings. The van der Waals surface area contributed by atoms with Gasteiger partial charge in [0.05, 0.1) is 42.5 Å². The molecule has 7 rings (SSSR count). The third-order valence-electron chi connectivity index (χ3n) is 12.8. The van der Waals surface area contributed by atoms with Gasteiger partial charge >= 0.3 is 0 Å². The Labute approximate surface area is 381 Å². The maximum absolute atomic E-state index is 15.0. The predicted molar refractivity (Wildman–Crippen MR) is 247 cm³/mol. The molecule has 0 unspecified atom stereocenters. The van der Waals surface area contributed by atoms with Crippen LogP contribution in [-0.2, 0) is 16.2 Å². The van der Waals surface area contributed by atoms with Gasteiger partial charge in [0.2, 0.25) is 5.79 Å². The van der Waals surface area contributed by atoms with E-state index in [0.29, 0.717) is 71.2 Å². The second-order valence-electron chi connectivity index (χ2n) is 16.8. The van der Waals surface area contributed by atoms with Gasteiger partial charge in [-0.25, -0.2) is 0 Å². The first-order chi connectivity index (χ1) is 31.8. The Bertz CT molecular complexity index is 2380. The predicted octanol–water partition coefficient (Wildman–Crippen LogP) is 9.56. The number of hydrogen-bond donors (Lipinski definition) is 2. The molecule has 2 N–H and O–H groups in total. The number of nitrogens with zero attached hydrogens (tertiary/aromatic N) is 3. The lowest BCUT2D eigenvalue weighted by Crippen LogP contribution is -2.70. The van der Waals surface area contributed by atoms with E-state index < -0.39 is 17.7 Å². The summed E-state index contributed by atoms with van der Waals surface area (Å²) in [5, 5.41) is 34.5. The number of aliphatic hydroxyl groups is 2. The standard InChI is InChI=1S/C53H59N3O9/c1-4-25-56(52(60)38-19-17-36(33-54)18-20-38)49-32-46(55-63-35-37-13-7-6-8-14-37)44-30-39(15-9-11-26-57)43(16-10-12-27-58)50-45-31-42(64-41-21-23-47(61-3)40(29-41)34-59)22-24-48(45)65-53(49,51(44)50)62-28-5-2/h5-8,13-14,17-24,29-31,34,39,43,49-51,57-58H,2,4,9-12,15-16,25-28,32,35H2,1,3H3/t39-,43+,49-,50+,51+,53+/m0/s1. The monoisotopic (exact) mass is 881 g/mol. The summed E-state index contributed by atoms with van der Waals surface area (Å²) in [6, 6.07) is 28.8. The van der Waals surface area contributed by atoms with Crippen LogP contribution in [0, 0.1) is 29.1 Å². The molecule has 4 aromatic rings. The molecule has 4 aromatic carbocycles. The first-order valence-corrected chi connectivity index (χ1v) is 22.7. The Morgan fingerprint density at radius 3 is 2.42 bits per heavy atom. The molecule has 0 radical (unpaired) electrons. The lowest BCUT2D eigenvalue weighted by Gasteiger charge is -2.60. The molecule has 12 heteroatoms. The highest BCUT2D eigenvalue weighted by Gasteiger charge is 2.65. The third kappa shape index (κ3) is 10.2. The van der Waals surface area contributed by atoms with Gasteiger partial charge in [0.1, 0.15) is 35.6 Å². The van der Waals surface area contributed by atoms with Crippen molar-refractivity contribution in [2.45, 2.75) is 82.6 Å². The Hall–Kier alpha value is -6.26. The zero-order chi connectivity index (χ0) is 45.8. The number of allylic oxidation sites excluding steroid dienone is 1. The Balaban J connectivity index is 1.45. The van der Waals surface area contributed by atoms with Crippen molar-refractivity contribution in [3.8, 4) is 29.1 Å². The van der Waals surface area contributed by atoms with Gasteiger partial charge in [-0.2, -0.15) is 5.26 Å². The van der Waals surface area contributed by atoms with E-state index in [2.05, 4.69) is 18.7 Å². The molecule has 1 aliphatic heterocycles. The summed E-state index contributed by atoms with van der Waals surface area (Å²) in [7, 11) is 1.51.